The number of nitriles is 2. The first kappa shape index (κ1) is 45.1. The van der Waals surface area contributed by atoms with E-state index in [0.29, 0.717) is 39.8 Å². The predicted molar refractivity (Wildman–Crippen MR) is 297 cm³/mol. The quantitative estimate of drug-likeness (QED) is 0.133. The summed E-state index contributed by atoms with van der Waals surface area (Å²) in [5.74, 6) is 1.09. The molecule has 12 aromatic rings. The maximum absolute atomic E-state index is 9.98. The van der Waals surface area contributed by atoms with Crippen LogP contribution in [-0.2, 0) is 0 Å². The van der Waals surface area contributed by atoms with Crippen LogP contribution in [0.15, 0.2) is 224 Å². The molecular formula is C66H37N9. The monoisotopic (exact) mass is 955 g/mol. The number of rotatable bonds is 9. The van der Waals surface area contributed by atoms with Gasteiger partial charge in [0.2, 0.25) is 0 Å². The molecule has 0 aliphatic carbocycles. The zero-order valence-corrected chi connectivity index (χ0v) is 39.9. The van der Waals surface area contributed by atoms with Crippen molar-refractivity contribution >= 4 is 33.2 Å². The van der Waals surface area contributed by atoms with E-state index in [2.05, 4.69) is 105 Å². The summed E-state index contributed by atoms with van der Waals surface area (Å²) in [6.45, 7) is 15.6. The molecule has 0 saturated carbocycles. The topological polar surface area (TPSA) is 113 Å². The molecule has 0 bridgehead atoms. The van der Waals surface area contributed by atoms with Gasteiger partial charge < -0.3 is 4.57 Å². The van der Waals surface area contributed by atoms with E-state index in [1.807, 2.05) is 109 Å². The van der Waals surface area contributed by atoms with Gasteiger partial charge in [0, 0.05) is 55.3 Å². The molecule has 0 unspecified atom stereocenters. The fourth-order valence-electron chi connectivity index (χ4n) is 9.67. The highest BCUT2D eigenvalue weighted by atomic mass is 15.0. The number of nitrogens with zero attached hydrogens (tertiary/aromatic N) is 9. The van der Waals surface area contributed by atoms with E-state index in [9.17, 15) is 10.5 Å². The molecular weight excluding hydrogens is 919 g/mol. The van der Waals surface area contributed by atoms with Crippen LogP contribution >= 0.6 is 0 Å². The van der Waals surface area contributed by atoms with Crippen LogP contribution in [-0.4, -0.2) is 24.5 Å². The van der Waals surface area contributed by atoms with Crippen molar-refractivity contribution in [3.8, 4) is 108 Å². The zero-order valence-electron chi connectivity index (χ0n) is 39.9. The maximum atomic E-state index is 9.98. The summed E-state index contributed by atoms with van der Waals surface area (Å²) < 4.78 is 2.23. The van der Waals surface area contributed by atoms with Crippen molar-refractivity contribution in [3.63, 3.8) is 0 Å². The first-order chi connectivity index (χ1) is 36.9. The lowest BCUT2D eigenvalue weighted by Crippen LogP contribution is -2.03. The molecule has 0 radical (unpaired) electrons. The van der Waals surface area contributed by atoms with Gasteiger partial charge in [0.05, 0.1) is 64.8 Å². The highest BCUT2D eigenvalue weighted by Gasteiger charge is 2.22. The molecule has 0 amide bonds. The molecule has 0 atom stereocenters. The van der Waals surface area contributed by atoms with Crippen LogP contribution in [0.4, 0.5) is 11.4 Å². The van der Waals surface area contributed by atoms with E-state index >= 15 is 0 Å². The average Bonchev–Trinajstić information content (AvgIpc) is 3.88. The largest absolute Gasteiger partial charge is 0.308 e. The molecule has 3 aromatic heterocycles. The van der Waals surface area contributed by atoms with Crippen molar-refractivity contribution in [2.24, 2.45) is 0 Å². The van der Waals surface area contributed by atoms with Gasteiger partial charge >= 0.3 is 0 Å². The second kappa shape index (κ2) is 19.2. The number of fused-ring (bicyclic) bond motifs is 3. The van der Waals surface area contributed by atoms with Crippen molar-refractivity contribution in [1.29, 1.82) is 10.5 Å². The van der Waals surface area contributed by atoms with Crippen molar-refractivity contribution in [1.82, 2.24) is 24.5 Å². The Morgan fingerprint density at radius 3 is 1.17 bits per heavy atom. The molecule has 0 N–H and O–H groups in total. The van der Waals surface area contributed by atoms with Gasteiger partial charge in [-0.15, -0.1) is 0 Å². The normalized spacial score (nSPS) is 10.9. The first-order valence-electron chi connectivity index (χ1n) is 24.0. The van der Waals surface area contributed by atoms with Gasteiger partial charge in [-0.05, 0) is 107 Å². The van der Waals surface area contributed by atoms with Gasteiger partial charge in [0.15, 0.2) is 23.0 Å². The Balaban J connectivity index is 1.16. The third kappa shape index (κ3) is 8.68. The second-order valence-corrected chi connectivity index (χ2v) is 17.9. The SMILES string of the molecule is [C-]#[N+]c1cc(C#N)cc(-c2ccc3c(c2)c2cc(-c4cc(C#N)cc([N+]#[C-])c4)ccc2n3-c2ccc(-c3cc(-c4ccccc4)nc(-c4ccccc4)n3)cc2-c2nc(-c3ccccc3)cc(-c3ccccc3)n2)c1. The van der Waals surface area contributed by atoms with Crippen molar-refractivity contribution in [2.75, 3.05) is 0 Å². The lowest BCUT2D eigenvalue weighted by atomic mass is 9.98. The van der Waals surface area contributed by atoms with Crippen molar-refractivity contribution < 1.29 is 0 Å². The van der Waals surface area contributed by atoms with Gasteiger partial charge in [0.25, 0.3) is 0 Å². The Kier molecular flexibility index (Phi) is 11.6. The zero-order chi connectivity index (χ0) is 50.8. The predicted octanol–water partition coefficient (Wildman–Crippen LogP) is 16.5. The third-order valence-corrected chi connectivity index (χ3v) is 13.3. The molecule has 9 heteroatoms. The molecule has 0 spiro atoms. The number of aromatic nitrogens is 5. The molecule has 0 aliphatic heterocycles. The number of hydrogen-bond acceptors (Lipinski definition) is 6. The highest BCUT2D eigenvalue weighted by Crippen LogP contribution is 2.42. The summed E-state index contributed by atoms with van der Waals surface area (Å²) in [5, 5.41) is 21.8. The van der Waals surface area contributed by atoms with Gasteiger partial charge in [-0.1, -0.05) is 140 Å². The minimum absolute atomic E-state index is 0.370. The van der Waals surface area contributed by atoms with E-state index in [1.165, 1.54) is 0 Å². The maximum Gasteiger partial charge on any atom is 0.189 e. The van der Waals surface area contributed by atoms with Crippen LogP contribution in [0.2, 0.25) is 0 Å². The molecule has 0 saturated heterocycles. The average molecular weight is 956 g/mol. The fraction of sp³-hybridized carbons (Fsp3) is 0. The van der Waals surface area contributed by atoms with E-state index in [4.69, 9.17) is 33.1 Å². The van der Waals surface area contributed by atoms with Crippen molar-refractivity contribution in [2.45, 2.75) is 0 Å². The smallest absolute Gasteiger partial charge is 0.189 e. The van der Waals surface area contributed by atoms with E-state index in [1.54, 1.807) is 36.4 Å². The first-order valence-corrected chi connectivity index (χ1v) is 24.0. The lowest BCUT2D eigenvalue weighted by Gasteiger charge is -2.17. The Bertz CT molecular complexity index is 4070. The Morgan fingerprint density at radius 1 is 0.347 bits per heavy atom. The lowest BCUT2D eigenvalue weighted by molar-refractivity contribution is 1.13. The number of hydrogen-bond donors (Lipinski definition) is 0. The Labute approximate surface area is 432 Å². The summed E-state index contributed by atoms with van der Waals surface area (Å²) in [5.41, 5.74) is 15.5. The van der Waals surface area contributed by atoms with Crippen LogP contribution in [0.25, 0.3) is 127 Å². The molecule has 9 nitrogen and oxygen atoms in total. The molecule has 75 heavy (non-hydrogen) atoms. The number of benzene rings is 9. The molecule has 0 fully saturated rings. The standard InChI is InChI=1S/C66H37N9/c1-69-53-31-42(40-67)29-51(33-53)48-23-26-62-55(35-48)56-36-49(52-30-43(41-68)32-54(34-52)70-2)24-27-63(56)75(62)64-28-25-50(61-39-58(44-15-7-3-8-16-44)71-65(72-61)47-21-13-6-14-22-47)37-57(64)66-73-59(45-17-9-4-10-18-45)38-60(74-66)46-19-11-5-12-20-46/h3-39H. The van der Waals surface area contributed by atoms with Crippen LogP contribution in [0.3, 0.4) is 0 Å². The Hall–Kier alpha value is -11.1. The summed E-state index contributed by atoms with van der Waals surface area (Å²) in [6.07, 6.45) is 0. The van der Waals surface area contributed by atoms with Crippen molar-refractivity contribution in [3.05, 3.63) is 258 Å². The van der Waals surface area contributed by atoms with E-state index < -0.39 is 0 Å². The summed E-state index contributed by atoms with van der Waals surface area (Å²) >= 11 is 0. The molecule has 12 rings (SSSR count). The van der Waals surface area contributed by atoms with Gasteiger partial charge in [-0.2, -0.15) is 10.5 Å². The van der Waals surface area contributed by atoms with Gasteiger partial charge in [-0.3, -0.25) is 0 Å². The van der Waals surface area contributed by atoms with Crippen LogP contribution in [0.1, 0.15) is 11.1 Å². The summed E-state index contributed by atoms with van der Waals surface area (Å²) in [6, 6.07) is 78.0. The Morgan fingerprint density at radius 2 is 0.747 bits per heavy atom. The fourth-order valence-corrected chi connectivity index (χ4v) is 9.67. The summed E-state index contributed by atoms with van der Waals surface area (Å²) in [7, 11) is 0. The third-order valence-electron chi connectivity index (χ3n) is 13.3. The second-order valence-electron chi connectivity index (χ2n) is 17.9. The van der Waals surface area contributed by atoms with Gasteiger partial charge in [-0.25, -0.2) is 29.6 Å². The van der Waals surface area contributed by atoms with Crippen LogP contribution in [0, 0.1) is 35.8 Å². The molecule has 346 valence electrons. The molecule has 3 heterocycles. The van der Waals surface area contributed by atoms with E-state index in [-0.39, 0.29) is 0 Å². The minimum Gasteiger partial charge on any atom is -0.308 e. The highest BCUT2D eigenvalue weighted by molar-refractivity contribution is 6.12. The molecule has 9 aromatic carbocycles. The summed E-state index contributed by atoms with van der Waals surface area (Å²) in [4.78, 5) is 28.5. The van der Waals surface area contributed by atoms with Gasteiger partial charge in [0.1, 0.15) is 0 Å². The van der Waals surface area contributed by atoms with Crippen LogP contribution in [0.5, 0.6) is 0 Å². The van der Waals surface area contributed by atoms with Crippen LogP contribution < -0.4 is 0 Å². The minimum atomic E-state index is 0.370. The van der Waals surface area contributed by atoms with E-state index in [0.717, 1.165) is 100 Å². The molecule has 0 aliphatic rings.